The summed E-state index contributed by atoms with van der Waals surface area (Å²) in [6, 6.07) is 18.4. The number of hydrogen-bond donors (Lipinski definition) is 0. The van der Waals surface area contributed by atoms with Gasteiger partial charge in [0, 0.05) is 5.92 Å². The summed E-state index contributed by atoms with van der Waals surface area (Å²) >= 11 is 0. The van der Waals surface area contributed by atoms with E-state index in [1.165, 1.54) is 22.3 Å². The molecule has 0 aromatic heterocycles. The van der Waals surface area contributed by atoms with E-state index in [1.807, 2.05) is 0 Å². The van der Waals surface area contributed by atoms with Crippen LogP contribution in [0.25, 0.3) is 0 Å². The van der Waals surface area contributed by atoms with Crippen molar-refractivity contribution in [1.29, 1.82) is 0 Å². The van der Waals surface area contributed by atoms with E-state index < -0.39 is 0 Å². The molecule has 0 aliphatic carbocycles. The second-order valence-electron chi connectivity index (χ2n) is 7.36. The summed E-state index contributed by atoms with van der Waals surface area (Å²) < 4.78 is 0. The molecule has 0 heterocycles. The van der Waals surface area contributed by atoms with Gasteiger partial charge in [0.15, 0.2) is 0 Å². The second kappa shape index (κ2) is 7.13. The summed E-state index contributed by atoms with van der Waals surface area (Å²) in [4.78, 5) is 0. The van der Waals surface area contributed by atoms with Crippen molar-refractivity contribution in [3.8, 4) is 0 Å². The van der Waals surface area contributed by atoms with Crippen LogP contribution in [-0.4, -0.2) is 0 Å². The lowest BCUT2D eigenvalue weighted by Crippen LogP contribution is -2.09. The standard InChI is InChI=1S/C22H30/c1-15(2)18-7-11-20(12-8-18)22(17(5)6)21-13-9-19(10-14-21)16(3)4/h7-17,22H,1-6H3. The average molecular weight is 294 g/mol. The average Bonchev–Trinajstić information content (AvgIpc) is 2.48. The highest BCUT2D eigenvalue weighted by atomic mass is 14.2. The van der Waals surface area contributed by atoms with Gasteiger partial charge in [0.25, 0.3) is 0 Å². The minimum absolute atomic E-state index is 0.474. The molecule has 0 aliphatic heterocycles. The molecule has 0 N–H and O–H groups in total. The Labute approximate surface area is 136 Å². The van der Waals surface area contributed by atoms with E-state index in [-0.39, 0.29) is 0 Å². The summed E-state index contributed by atoms with van der Waals surface area (Å²) in [5.74, 6) is 2.26. The zero-order valence-electron chi connectivity index (χ0n) is 14.9. The van der Waals surface area contributed by atoms with Gasteiger partial charge >= 0.3 is 0 Å². The molecule has 0 saturated heterocycles. The molecule has 22 heavy (non-hydrogen) atoms. The Balaban J connectivity index is 2.33. The highest BCUT2D eigenvalue weighted by molar-refractivity contribution is 5.37. The normalized spacial score (nSPS) is 11.9. The number of rotatable bonds is 5. The zero-order chi connectivity index (χ0) is 16.3. The predicted octanol–water partition coefficient (Wildman–Crippen LogP) is 6.72. The second-order valence-corrected chi connectivity index (χ2v) is 7.36. The van der Waals surface area contributed by atoms with Gasteiger partial charge in [-0.3, -0.25) is 0 Å². The molecule has 0 saturated carbocycles. The van der Waals surface area contributed by atoms with Crippen LogP contribution >= 0.6 is 0 Å². The zero-order valence-corrected chi connectivity index (χ0v) is 14.9. The van der Waals surface area contributed by atoms with Crippen molar-refractivity contribution >= 4 is 0 Å². The SMILES string of the molecule is CC(C)c1ccc(C(c2ccc(C(C)C)cc2)C(C)C)cc1. The van der Waals surface area contributed by atoms with Crippen LogP contribution in [0.4, 0.5) is 0 Å². The Kier molecular flexibility index (Phi) is 5.45. The molecule has 0 nitrogen and oxygen atoms in total. The molecule has 2 aromatic carbocycles. The van der Waals surface area contributed by atoms with Crippen LogP contribution in [0.3, 0.4) is 0 Å². The van der Waals surface area contributed by atoms with E-state index in [0.29, 0.717) is 23.7 Å². The van der Waals surface area contributed by atoms with Crippen molar-refractivity contribution in [3.63, 3.8) is 0 Å². The van der Waals surface area contributed by atoms with Gasteiger partial charge in [0.05, 0.1) is 0 Å². The largest absolute Gasteiger partial charge is 0.0619 e. The Morgan fingerprint density at radius 3 is 0.955 bits per heavy atom. The summed E-state index contributed by atoms with van der Waals surface area (Å²) in [6.45, 7) is 13.6. The summed E-state index contributed by atoms with van der Waals surface area (Å²) in [7, 11) is 0. The lowest BCUT2D eigenvalue weighted by molar-refractivity contribution is 0.563. The molecule has 2 rings (SSSR count). The van der Waals surface area contributed by atoms with Crippen molar-refractivity contribution in [2.75, 3.05) is 0 Å². The molecule has 0 spiro atoms. The van der Waals surface area contributed by atoms with Gasteiger partial charge in [0.2, 0.25) is 0 Å². The van der Waals surface area contributed by atoms with Crippen molar-refractivity contribution in [2.45, 2.75) is 59.3 Å². The highest BCUT2D eigenvalue weighted by Crippen LogP contribution is 2.33. The molecule has 0 aliphatic rings. The fourth-order valence-electron chi connectivity index (χ4n) is 3.14. The smallest absolute Gasteiger partial charge is 0.0112 e. The Bertz CT molecular complexity index is 519. The van der Waals surface area contributed by atoms with Crippen LogP contribution in [0.1, 0.15) is 81.5 Å². The molecule has 118 valence electrons. The molecule has 0 fully saturated rings. The first kappa shape index (κ1) is 16.8. The van der Waals surface area contributed by atoms with Crippen molar-refractivity contribution < 1.29 is 0 Å². The van der Waals surface area contributed by atoms with E-state index in [1.54, 1.807) is 0 Å². The molecular formula is C22H30. The molecule has 2 aromatic rings. The minimum Gasteiger partial charge on any atom is -0.0619 e. The van der Waals surface area contributed by atoms with Crippen molar-refractivity contribution in [1.82, 2.24) is 0 Å². The Hall–Kier alpha value is -1.56. The van der Waals surface area contributed by atoms with Crippen LogP contribution in [0.5, 0.6) is 0 Å². The van der Waals surface area contributed by atoms with E-state index in [2.05, 4.69) is 90.1 Å². The van der Waals surface area contributed by atoms with Gasteiger partial charge in [-0.15, -0.1) is 0 Å². The quantitative estimate of drug-likeness (QED) is 0.574. The summed E-state index contributed by atoms with van der Waals surface area (Å²) in [5.41, 5.74) is 5.69. The Morgan fingerprint density at radius 2 is 0.727 bits per heavy atom. The lowest BCUT2D eigenvalue weighted by Gasteiger charge is -2.23. The fraction of sp³-hybridized carbons (Fsp3) is 0.455. The molecule has 0 amide bonds. The topological polar surface area (TPSA) is 0 Å². The van der Waals surface area contributed by atoms with E-state index in [0.717, 1.165) is 0 Å². The van der Waals surface area contributed by atoms with Crippen molar-refractivity contribution in [2.24, 2.45) is 5.92 Å². The van der Waals surface area contributed by atoms with Crippen LogP contribution in [0.15, 0.2) is 48.5 Å². The van der Waals surface area contributed by atoms with Gasteiger partial charge in [-0.05, 0) is 40.0 Å². The molecule has 0 radical (unpaired) electrons. The maximum atomic E-state index is 2.32. The van der Waals surface area contributed by atoms with E-state index >= 15 is 0 Å². The van der Waals surface area contributed by atoms with Gasteiger partial charge in [-0.1, -0.05) is 90.1 Å². The maximum absolute atomic E-state index is 2.32. The van der Waals surface area contributed by atoms with Crippen molar-refractivity contribution in [3.05, 3.63) is 70.8 Å². The first-order chi connectivity index (χ1) is 10.4. The van der Waals surface area contributed by atoms with E-state index in [4.69, 9.17) is 0 Å². The summed E-state index contributed by atoms with van der Waals surface area (Å²) in [5, 5.41) is 0. The van der Waals surface area contributed by atoms with E-state index in [9.17, 15) is 0 Å². The molecule has 0 unspecified atom stereocenters. The molecule has 0 heteroatoms. The van der Waals surface area contributed by atoms with Gasteiger partial charge in [-0.25, -0.2) is 0 Å². The number of benzene rings is 2. The first-order valence-corrected chi connectivity index (χ1v) is 8.59. The third kappa shape index (κ3) is 3.80. The number of hydrogen-bond acceptors (Lipinski definition) is 0. The first-order valence-electron chi connectivity index (χ1n) is 8.59. The summed E-state index contributed by atoms with van der Waals surface area (Å²) in [6.07, 6.45) is 0. The predicted molar refractivity (Wildman–Crippen MR) is 97.7 cm³/mol. The lowest BCUT2D eigenvalue weighted by atomic mass is 9.81. The minimum atomic E-state index is 0.474. The molecule has 0 bridgehead atoms. The van der Waals surface area contributed by atoms with Crippen LogP contribution < -0.4 is 0 Å². The van der Waals surface area contributed by atoms with Crippen LogP contribution in [-0.2, 0) is 0 Å². The third-order valence-electron chi connectivity index (χ3n) is 4.59. The maximum Gasteiger partial charge on any atom is 0.0112 e. The molecule has 0 atom stereocenters. The fourth-order valence-corrected chi connectivity index (χ4v) is 3.14. The monoisotopic (exact) mass is 294 g/mol. The van der Waals surface area contributed by atoms with Crippen LogP contribution in [0, 0.1) is 5.92 Å². The van der Waals surface area contributed by atoms with Crippen LogP contribution in [0.2, 0.25) is 0 Å². The Morgan fingerprint density at radius 1 is 0.455 bits per heavy atom. The van der Waals surface area contributed by atoms with Gasteiger partial charge < -0.3 is 0 Å². The third-order valence-corrected chi connectivity index (χ3v) is 4.59. The van der Waals surface area contributed by atoms with Gasteiger partial charge in [0.1, 0.15) is 0 Å². The van der Waals surface area contributed by atoms with Gasteiger partial charge in [-0.2, -0.15) is 0 Å². The highest BCUT2D eigenvalue weighted by Gasteiger charge is 2.18. The molecular weight excluding hydrogens is 264 g/mol.